The second kappa shape index (κ2) is 8.09. The summed E-state index contributed by atoms with van der Waals surface area (Å²) in [7, 11) is 0. The molecule has 0 bridgehead atoms. The molecule has 0 amide bonds. The predicted molar refractivity (Wildman–Crippen MR) is 95.8 cm³/mol. The van der Waals surface area contributed by atoms with Crippen LogP contribution in [0.2, 0.25) is 0 Å². The van der Waals surface area contributed by atoms with Crippen LogP contribution in [0.15, 0.2) is 27.7 Å². The lowest BCUT2D eigenvalue weighted by Crippen LogP contribution is -2.37. The lowest BCUT2D eigenvalue weighted by atomic mass is 9.97. The SMILES string of the molecule is CCNC(=NCc1ccc(F)c(C)c1)NCc1noc(C(C)(C)C)n1. The normalized spacial score (nSPS) is 12.3. The molecule has 1 aromatic carbocycles. The van der Waals surface area contributed by atoms with Gasteiger partial charge >= 0.3 is 0 Å². The quantitative estimate of drug-likeness (QED) is 0.642. The Kier molecular flexibility index (Phi) is 6.12. The van der Waals surface area contributed by atoms with Crippen molar-refractivity contribution in [2.45, 2.75) is 53.1 Å². The van der Waals surface area contributed by atoms with E-state index in [1.807, 2.05) is 27.7 Å². The largest absolute Gasteiger partial charge is 0.357 e. The number of aryl methyl sites for hydroxylation is 1. The summed E-state index contributed by atoms with van der Waals surface area (Å²) in [5.74, 6) is 1.62. The Bertz CT molecular complexity index is 733. The molecule has 2 aromatic rings. The van der Waals surface area contributed by atoms with E-state index >= 15 is 0 Å². The van der Waals surface area contributed by atoms with Gasteiger partial charge in [0.05, 0.1) is 13.1 Å². The molecule has 0 saturated carbocycles. The molecule has 7 heteroatoms. The van der Waals surface area contributed by atoms with Gasteiger partial charge in [-0.1, -0.05) is 38.1 Å². The Labute approximate surface area is 147 Å². The molecule has 6 nitrogen and oxygen atoms in total. The molecule has 0 atom stereocenters. The summed E-state index contributed by atoms with van der Waals surface area (Å²) < 4.78 is 18.6. The first kappa shape index (κ1) is 18.9. The number of guanidine groups is 1. The van der Waals surface area contributed by atoms with Gasteiger partial charge in [-0.3, -0.25) is 0 Å². The van der Waals surface area contributed by atoms with E-state index in [0.717, 1.165) is 12.1 Å². The summed E-state index contributed by atoms with van der Waals surface area (Å²) in [6, 6.07) is 5.01. The second-order valence-electron chi connectivity index (χ2n) is 6.90. The first-order valence-corrected chi connectivity index (χ1v) is 8.40. The van der Waals surface area contributed by atoms with Gasteiger partial charge in [0, 0.05) is 12.0 Å². The Hall–Kier alpha value is -2.44. The Morgan fingerprint density at radius 3 is 2.64 bits per heavy atom. The molecule has 136 valence electrons. The molecule has 25 heavy (non-hydrogen) atoms. The van der Waals surface area contributed by atoms with Crippen molar-refractivity contribution >= 4 is 5.96 Å². The van der Waals surface area contributed by atoms with Crippen LogP contribution in [0, 0.1) is 12.7 Å². The molecular weight excluding hydrogens is 321 g/mol. The number of aliphatic imine (C=N–C) groups is 1. The van der Waals surface area contributed by atoms with E-state index < -0.39 is 0 Å². The standard InChI is InChI=1S/C18H26FN5O/c1-6-20-17(21-10-13-7-8-14(19)12(2)9-13)22-11-15-23-16(25-24-15)18(3,4)5/h7-9H,6,10-11H2,1-5H3,(H2,20,21,22). The summed E-state index contributed by atoms with van der Waals surface area (Å²) in [4.78, 5) is 8.90. The first-order chi connectivity index (χ1) is 11.8. The fourth-order valence-corrected chi connectivity index (χ4v) is 2.11. The van der Waals surface area contributed by atoms with Crippen molar-refractivity contribution in [2.24, 2.45) is 4.99 Å². The molecule has 2 N–H and O–H groups in total. The summed E-state index contributed by atoms with van der Waals surface area (Å²) in [6.45, 7) is 11.4. The fourth-order valence-electron chi connectivity index (χ4n) is 2.11. The third kappa shape index (κ3) is 5.55. The molecule has 1 aromatic heterocycles. The van der Waals surface area contributed by atoms with Crippen LogP contribution in [-0.4, -0.2) is 22.6 Å². The molecule has 1 heterocycles. The summed E-state index contributed by atoms with van der Waals surface area (Å²) in [6.07, 6.45) is 0. The molecule has 0 saturated heterocycles. The number of hydrogen-bond acceptors (Lipinski definition) is 4. The van der Waals surface area contributed by atoms with E-state index in [9.17, 15) is 4.39 Å². The molecule has 0 unspecified atom stereocenters. The van der Waals surface area contributed by atoms with Gasteiger partial charge in [0.15, 0.2) is 11.8 Å². The van der Waals surface area contributed by atoms with E-state index in [2.05, 4.69) is 25.8 Å². The van der Waals surface area contributed by atoms with Crippen LogP contribution in [0.3, 0.4) is 0 Å². The van der Waals surface area contributed by atoms with Crippen molar-refractivity contribution in [3.05, 3.63) is 46.9 Å². The Morgan fingerprint density at radius 1 is 1.28 bits per heavy atom. The number of halogens is 1. The maximum absolute atomic E-state index is 13.3. The fraction of sp³-hybridized carbons (Fsp3) is 0.500. The highest BCUT2D eigenvalue weighted by molar-refractivity contribution is 5.79. The van der Waals surface area contributed by atoms with Gasteiger partial charge in [-0.05, 0) is 31.0 Å². The van der Waals surface area contributed by atoms with E-state index in [-0.39, 0.29) is 11.2 Å². The first-order valence-electron chi connectivity index (χ1n) is 8.40. The van der Waals surface area contributed by atoms with E-state index in [1.165, 1.54) is 6.07 Å². The summed E-state index contributed by atoms with van der Waals surface area (Å²) in [5, 5.41) is 10.3. The van der Waals surface area contributed by atoms with Crippen molar-refractivity contribution in [3.8, 4) is 0 Å². The zero-order chi connectivity index (χ0) is 18.4. The van der Waals surface area contributed by atoms with Crippen LogP contribution in [-0.2, 0) is 18.5 Å². The highest BCUT2D eigenvalue weighted by atomic mass is 19.1. The average molecular weight is 347 g/mol. The predicted octanol–water partition coefficient (Wildman–Crippen LogP) is 3.07. The highest BCUT2D eigenvalue weighted by Crippen LogP contribution is 2.19. The number of nitrogens with one attached hydrogen (secondary N) is 2. The zero-order valence-electron chi connectivity index (χ0n) is 15.5. The minimum Gasteiger partial charge on any atom is -0.357 e. The van der Waals surface area contributed by atoms with Crippen molar-refractivity contribution < 1.29 is 8.91 Å². The van der Waals surface area contributed by atoms with Gasteiger partial charge < -0.3 is 15.2 Å². The van der Waals surface area contributed by atoms with Crippen LogP contribution >= 0.6 is 0 Å². The maximum atomic E-state index is 13.3. The van der Waals surface area contributed by atoms with E-state index in [1.54, 1.807) is 19.1 Å². The third-order valence-electron chi connectivity index (χ3n) is 3.51. The molecule has 0 spiro atoms. The number of hydrogen-bond donors (Lipinski definition) is 2. The Morgan fingerprint density at radius 2 is 2.04 bits per heavy atom. The Balaban J connectivity index is 1.99. The van der Waals surface area contributed by atoms with Gasteiger partial charge in [-0.2, -0.15) is 4.98 Å². The van der Waals surface area contributed by atoms with Crippen LogP contribution in [0.1, 0.15) is 50.5 Å². The lowest BCUT2D eigenvalue weighted by Gasteiger charge is -2.11. The van der Waals surface area contributed by atoms with Gasteiger partial charge in [-0.15, -0.1) is 0 Å². The summed E-state index contributed by atoms with van der Waals surface area (Å²) in [5.41, 5.74) is 1.39. The summed E-state index contributed by atoms with van der Waals surface area (Å²) >= 11 is 0. The van der Waals surface area contributed by atoms with Crippen molar-refractivity contribution in [3.63, 3.8) is 0 Å². The van der Waals surface area contributed by atoms with Crippen LogP contribution in [0.5, 0.6) is 0 Å². The molecule has 0 aliphatic heterocycles. The van der Waals surface area contributed by atoms with Crippen LogP contribution in [0.4, 0.5) is 4.39 Å². The van der Waals surface area contributed by atoms with Crippen molar-refractivity contribution in [2.75, 3.05) is 6.54 Å². The van der Waals surface area contributed by atoms with Gasteiger partial charge in [-0.25, -0.2) is 9.38 Å². The van der Waals surface area contributed by atoms with E-state index in [0.29, 0.717) is 36.3 Å². The van der Waals surface area contributed by atoms with Gasteiger partial charge in [0.1, 0.15) is 5.82 Å². The minimum atomic E-state index is -0.204. The van der Waals surface area contributed by atoms with Crippen molar-refractivity contribution in [1.29, 1.82) is 0 Å². The molecule has 2 rings (SSSR count). The van der Waals surface area contributed by atoms with E-state index in [4.69, 9.17) is 4.52 Å². The van der Waals surface area contributed by atoms with Gasteiger partial charge in [0.25, 0.3) is 0 Å². The number of rotatable bonds is 5. The monoisotopic (exact) mass is 347 g/mol. The molecule has 0 aliphatic rings. The third-order valence-corrected chi connectivity index (χ3v) is 3.51. The molecule has 0 aliphatic carbocycles. The van der Waals surface area contributed by atoms with Gasteiger partial charge in [0.2, 0.25) is 5.89 Å². The number of benzene rings is 1. The number of nitrogens with zero attached hydrogens (tertiary/aromatic N) is 3. The molecule has 0 fully saturated rings. The molecular formula is C18H26FN5O. The highest BCUT2D eigenvalue weighted by Gasteiger charge is 2.21. The lowest BCUT2D eigenvalue weighted by molar-refractivity contribution is 0.318. The maximum Gasteiger partial charge on any atom is 0.232 e. The number of aromatic nitrogens is 2. The van der Waals surface area contributed by atoms with Crippen molar-refractivity contribution in [1.82, 2.24) is 20.8 Å². The van der Waals surface area contributed by atoms with Crippen LogP contribution in [0.25, 0.3) is 0 Å². The molecule has 0 radical (unpaired) electrons. The van der Waals surface area contributed by atoms with Crippen LogP contribution < -0.4 is 10.6 Å². The topological polar surface area (TPSA) is 75.3 Å². The smallest absolute Gasteiger partial charge is 0.232 e. The minimum absolute atomic E-state index is 0.176. The second-order valence-corrected chi connectivity index (χ2v) is 6.90. The zero-order valence-corrected chi connectivity index (χ0v) is 15.5. The average Bonchev–Trinajstić information content (AvgIpc) is 3.02.